The van der Waals surface area contributed by atoms with E-state index >= 15 is 0 Å². The molecule has 1 fully saturated rings. The van der Waals surface area contributed by atoms with Gasteiger partial charge in [-0.2, -0.15) is 0 Å². The lowest BCUT2D eigenvalue weighted by atomic mass is 9.98. The summed E-state index contributed by atoms with van der Waals surface area (Å²) in [5.74, 6) is -0.552. The van der Waals surface area contributed by atoms with Crippen molar-refractivity contribution in [2.75, 3.05) is 33.5 Å². The standard InChI is InChI=1S/C26H31FN2O6/c1-33-9-3-2-4-23(30)18-6-5-16(13-19(18)27)12-17-14-22(28-21-8-11-35-25(17)21)26(32)29-20-7-10-34-15-24(20)31/h5-6,13-14,20,24,31H,2-4,7-12,15H2,1H3,(H,29,32)/t20-,24-/m0/s1. The fraction of sp³-hybridized carbons (Fsp3) is 0.500. The first-order valence-corrected chi connectivity index (χ1v) is 12.0. The van der Waals surface area contributed by atoms with Crippen LogP contribution in [0.15, 0.2) is 24.3 Å². The van der Waals surface area contributed by atoms with Crippen LogP contribution in [0.1, 0.15) is 63.4 Å². The SMILES string of the molecule is COCCCCC(=O)c1ccc(Cc2cc(C(=O)N[C@H]3CCOC[C@@H]3O)nc3c2OCC3)cc1F. The second kappa shape index (κ2) is 11.7. The number of fused-ring (bicyclic) bond motifs is 1. The lowest BCUT2D eigenvalue weighted by Gasteiger charge is -2.28. The van der Waals surface area contributed by atoms with E-state index in [2.05, 4.69) is 10.3 Å². The van der Waals surface area contributed by atoms with Gasteiger partial charge < -0.3 is 24.6 Å². The molecule has 2 atom stereocenters. The largest absolute Gasteiger partial charge is 0.491 e. The van der Waals surface area contributed by atoms with Gasteiger partial charge in [-0.05, 0) is 43.0 Å². The van der Waals surface area contributed by atoms with E-state index in [-0.39, 0.29) is 36.0 Å². The highest BCUT2D eigenvalue weighted by Gasteiger charge is 2.28. The lowest BCUT2D eigenvalue weighted by Crippen LogP contribution is -2.48. The minimum atomic E-state index is -0.769. The third-order valence-electron chi connectivity index (χ3n) is 6.31. The van der Waals surface area contributed by atoms with Gasteiger partial charge in [0.15, 0.2) is 5.78 Å². The van der Waals surface area contributed by atoms with Crippen LogP contribution in [0, 0.1) is 5.82 Å². The van der Waals surface area contributed by atoms with Gasteiger partial charge >= 0.3 is 0 Å². The van der Waals surface area contributed by atoms with Crippen molar-refractivity contribution in [3.8, 4) is 5.75 Å². The molecule has 3 heterocycles. The average Bonchev–Trinajstić information content (AvgIpc) is 3.32. The summed E-state index contributed by atoms with van der Waals surface area (Å²) in [6, 6.07) is 5.86. The van der Waals surface area contributed by atoms with E-state index in [1.807, 2.05) is 0 Å². The Hall–Kier alpha value is -2.88. The quantitative estimate of drug-likeness (QED) is 0.393. The van der Waals surface area contributed by atoms with E-state index in [1.54, 1.807) is 19.2 Å². The molecular weight excluding hydrogens is 455 g/mol. The number of carbonyl (C=O) groups excluding carboxylic acids is 2. The summed E-state index contributed by atoms with van der Waals surface area (Å²) in [5.41, 5.74) is 2.38. The van der Waals surface area contributed by atoms with Gasteiger partial charge in [0, 0.05) is 45.1 Å². The maximum absolute atomic E-state index is 14.8. The zero-order valence-electron chi connectivity index (χ0n) is 19.8. The third-order valence-corrected chi connectivity index (χ3v) is 6.31. The molecule has 0 spiro atoms. The van der Waals surface area contributed by atoms with Crippen LogP contribution in [0.2, 0.25) is 0 Å². The summed E-state index contributed by atoms with van der Waals surface area (Å²) in [6.45, 7) is 1.68. The Labute approximate surface area is 203 Å². The van der Waals surface area contributed by atoms with Crippen LogP contribution in [0.5, 0.6) is 5.75 Å². The topological polar surface area (TPSA) is 107 Å². The van der Waals surface area contributed by atoms with Gasteiger partial charge in [-0.15, -0.1) is 0 Å². The Balaban J connectivity index is 1.49. The lowest BCUT2D eigenvalue weighted by molar-refractivity contribution is -0.0261. The summed E-state index contributed by atoms with van der Waals surface area (Å²) < 4.78 is 30.7. The summed E-state index contributed by atoms with van der Waals surface area (Å²) in [6.07, 6.45) is 2.31. The number of halogens is 1. The van der Waals surface area contributed by atoms with Crippen LogP contribution in [0.4, 0.5) is 4.39 Å². The number of hydrogen-bond donors (Lipinski definition) is 2. The number of aromatic nitrogens is 1. The van der Waals surface area contributed by atoms with Gasteiger partial charge in [-0.1, -0.05) is 6.07 Å². The number of carbonyl (C=O) groups is 2. The molecule has 1 aromatic carbocycles. The molecule has 0 aliphatic carbocycles. The summed E-state index contributed by atoms with van der Waals surface area (Å²) >= 11 is 0. The maximum Gasteiger partial charge on any atom is 0.270 e. The number of hydrogen-bond acceptors (Lipinski definition) is 7. The van der Waals surface area contributed by atoms with Crippen molar-refractivity contribution >= 4 is 11.7 Å². The fourth-order valence-electron chi connectivity index (χ4n) is 4.40. The highest BCUT2D eigenvalue weighted by molar-refractivity contribution is 5.96. The molecule has 2 aliphatic heterocycles. The fourth-order valence-corrected chi connectivity index (χ4v) is 4.40. The molecule has 9 heteroatoms. The number of ether oxygens (including phenoxy) is 3. The summed E-state index contributed by atoms with van der Waals surface area (Å²) in [5, 5.41) is 12.9. The maximum atomic E-state index is 14.8. The molecule has 4 rings (SSSR count). The number of nitrogens with zero attached hydrogens (tertiary/aromatic N) is 1. The first kappa shape index (κ1) is 25.2. The van der Waals surface area contributed by atoms with E-state index in [9.17, 15) is 19.1 Å². The second-order valence-corrected chi connectivity index (χ2v) is 8.92. The van der Waals surface area contributed by atoms with Gasteiger partial charge in [0.2, 0.25) is 0 Å². The number of ketones is 1. The molecule has 1 saturated heterocycles. The number of aliphatic hydroxyl groups excluding tert-OH is 1. The molecule has 1 amide bonds. The molecule has 0 saturated carbocycles. The molecule has 188 valence electrons. The van der Waals surface area contributed by atoms with Crippen LogP contribution >= 0.6 is 0 Å². The number of amides is 1. The summed E-state index contributed by atoms with van der Waals surface area (Å²) in [4.78, 5) is 29.7. The number of methoxy groups -OCH3 is 1. The van der Waals surface area contributed by atoms with Crippen molar-refractivity contribution in [2.45, 2.75) is 50.7 Å². The predicted molar refractivity (Wildman–Crippen MR) is 125 cm³/mol. The Morgan fingerprint density at radius 1 is 1.26 bits per heavy atom. The first-order valence-electron chi connectivity index (χ1n) is 12.0. The third kappa shape index (κ3) is 6.22. The molecule has 2 aliphatic rings. The van der Waals surface area contributed by atoms with E-state index in [0.29, 0.717) is 62.5 Å². The minimum absolute atomic E-state index is 0.0810. The predicted octanol–water partition coefficient (Wildman–Crippen LogP) is 2.63. The number of nitrogens with one attached hydrogen (secondary N) is 1. The number of unbranched alkanes of at least 4 members (excludes halogenated alkanes) is 1. The number of Topliss-reactive ketones (excluding diaryl/α,β-unsaturated/α-hetero) is 1. The number of benzene rings is 1. The van der Waals surface area contributed by atoms with Gasteiger partial charge in [0.1, 0.15) is 17.3 Å². The summed E-state index contributed by atoms with van der Waals surface area (Å²) in [7, 11) is 1.61. The molecule has 8 nitrogen and oxygen atoms in total. The molecule has 2 aromatic rings. The van der Waals surface area contributed by atoms with E-state index < -0.39 is 18.0 Å². The first-order chi connectivity index (χ1) is 17.0. The van der Waals surface area contributed by atoms with Crippen LogP contribution < -0.4 is 10.1 Å². The second-order valence-electron chi connectivity index (χ2n) is 8.92. The van der Waals surface area contributed by atoms with Crippen LogP contribution in [0.25, 0.3) is 0 Å². The molecule has 0 bridgehead atoms. The molecule has 35 heavy (non-hydrogen) atoms. The van der Waals surface area contributed by atoms with Crippen molar-refractivity contribution in [1.29, 1.82) is 0 Å². The van der Waals surface area contributed by atoms with Gasteiger partial charge in [-0.25, -0.2) is 9.37 Å². The molecule has 2 N–H and O–H groups in total. The van der Waals surface area contributed by atoms with Crippen LogP contribution in [-0.4, -0.2) is 67.5 Å². The Morgan fingerprint density at radius 3 is 2.89 bits per heavy atom. The van der Waals surface area contributed by atoms with Crippen molar-refractivity contribution in [3.63, 3.8) is 0 Å². The van der Waals surface area contributed by atoms with Gasteiger partial charge in [0.25, 0.3) is 5.91 Å². The van der Waals surface area contributed by atoms with Crippen molar-refractivity contribution in [2.24, 2.45) is 0 Å². The number of pyridine rings is 1. The van der Waals surface area contributed by atoms with Crippen LogP contribution in [0.3, 0.4) is 0 Å². The Kier molecular flexibility index (Phi) is 8.43. The number of rotatable bonds is 10. The zero-order valence-corrected chi connectivity index (χ0v) is 19.8. The normalized spacial score (nSPS) is 19.2. The highest BCUT2D eigenvalue weighted by atomic mass is 19.1. The molecule has 0 radical (unpaired) electrons. The van der Waals surface area contributed by atoms with Crippen molar-refractivity contribution < 1.29 is 33.3 Å². The molecule has 1 aromatic heterocycles. The van der Waals surface area contributed by atoms with E-state index in [4.69, 9.17) is 14.2 Å². The average molecular weight is 487 g/mol. The highest BCUT2D eigenvalue weighted by Crippen LogP contribution is 2.31. The van der Waals surface area contributed by atoms with Crippen molar-refractivity contribution in [1.82, 2.24) is 10.3 Å². The Bertz CT molecular complexity index is 1080. The van der Waals surface area contributed by atoms with Gasteiger partial charge in [0.05, 0.1) is 36.6 Å². The van der Waals surface area contributed by atoms with Crippen LogP contribution in [-0.2, 0) is 22.3 Å². The number of aliphatic hydroxyl groups is 1. The molecular formula is C26H31FN2O6. The van der Waals surface area contributed by atoms with Gasteiger partial charge in [-0.3, -0.25) is 9.59 Å². The Morgan fingerprint density at radius 2 is 2.11 bits per heavy atom. The smallest absolute Gasteiger partial charge is 0.270 e. The van der Waals surface area contributed by atoms with Crippen molar-refractivity contribution in [3.05, 3.63) is 58.2 Å². The van der Waals surface area contributed by atoms with E-state index in [0.717, 1.165) is 12.0 Å². The van der Waals surface area contributed by atoms with E-state index in [1.165, 1.54) is 12.1 Å². The monoisotopic (exact) mass is 486 g/mol. The molecule has 0 unspecified atom stereocenters. The zero-order chi connectivity index (χ0) is 24.8. The minimum Gasteiger partial charge on any atom is -0.491 e.